The molecule has 0 aromatic carbocycles. The number of ether oxygens (including phenoxy) is 1. The van der Waals surface area contributed by atoms with E-state index < -0.39 is 0 Å². The van der Waals surface area contributed by atoms with E-state index in [9.17, 15) is 0 Å². The quantitative estimate of drug-likeness (QED) is 0.632. The predicted molar refractivity (Wildman–Crippen MR) is 49.8 cm³/mol. The summed E-state index contributed by atoms with van der Waals surface area (Å²) in [5.41, 5.74) is 0.523. The molecule has 5 heteroatoms. The third kappa shape index (κ3) is 1.65. The highest BCUT2D eigenvalue weighted by Crippen LogP contribution is 2.15. The summed E-state index contributed by atoms with van der Waals surface area (Å²) in [6, 6.07) is 2.09. The standard InChI is InChI=1S/C9H10N4O/c10-5-8-6-11-7-12-9(8)13-1-3-14-4-2-13/h6-7H,1-4H2. The van der Waals surface area contributed by atoms with Gasteiger partial charge in [-0.1, -0.05) is 0 Å². The number of rotatable bonds is 1. The lowest BCUT2D eigenvalue weighted by Gasteiger charge is -2.27. The molecule has 14 heavy (non-hydrogen) atoms. The molecule has 0 amide bonds. The van der Waals surface area contributed by atoms with Gasteiger partial charge in [-0.2, -0.15) is 5.26 Å². The van der Waals surface area contributed by atoms with Crippen molar-refractivity contribution in [3.05, 3.63) is 18.1 Å². The Morgan fingerprint density at radius 3 is 2.93 bits per heavy atom. The molecule has 0 N–H and O–H groups in total. The Balaban J connectivity index is 2.26. The minimum Gasteiger partial charge on any atom is -0.378 e. The van der Waals surface area contributed by atoms with E-state index in [1.165, 1.54) is 12.5 Å². The summed E-state index contributed by atoms with van der Waals surface area (Å²) in [6.45, 7) is 2.95. The zero-order chi connectivity index (χ0) is 9.80. The fourth-order valence-corrected chi connectivity index (χ4v) is 1.43. The molecule has 1 saturated heterocycles. The molecule has 0 aliphatic carbocycles. The molecule has 0 radical (unpaired) electrons. The smallest absolute Gasteiger partial charge is 0.150 e. The summed E-state index contributed by atoms with van der Waals surface area (Å²) in [5, 5.41) is 8.86. The van der Waals surface area contributed by atoms with Gasteiger partial charge in [-0.05, 0) is 0 Å². The van der Waals surface area contributed by atoms with Crippen LogP contribution in [-0.4, -0.2) is 36.3 Å². The van der Waals surface area contributed by atoms with Gasteiger partial charge in [-0.25, -0.2) is 9.97 Å². The summed E-state index contributed by atoms with van der Waals surface area (Å²) < 4.78 is 5.23. The lowest BCUT2D eigenvalue weighted by molar-refractivity contribution is 0.122. The third-order valence-electron chi connectivity index (χ3n) is 2.12. The van der Waals surface area contributed by atoms with Crippen LogP contribution in [-0.2, 0) is 4.74 Å². The van der Waals surface area contributed by atoms with Crippen molar-refractivity contribution in [2.45, 2.75) is 0 Å². The SMILES string of the molecule is N#Cc1cncnc1N1CCOCC1. The van der Waals surface area contributed by atoms with Crippen molar-refractivity contribution in [2.75, 3.05) is 31.2 Å². The van der Waals surface area contributed by atoms with Crippen LogP contribution in [0.4, 0.5) is 5.82 Å². The van der Waals surface area contributed by atoms with Crippen molar-refractivity contribution in [2.24, 2.45) is 0 Å². The molecule has 2 heterocycles. The summed E-state index contributed by atoms with van der Waals surface area (Å²) in [7, 11) is 0. The second-order valence-electron chi connectivity index (χ2n) is 2.97. The first-order valence-corrected chi connectivity index (χ1v) is 4.44. The average Bonchev–Trinajstić information content (AvgIpc) is 2.30. The van der Waals surface area contributed by atoms with Crippen LogP contribution in [0.1, 0.15) is 5.56 Å². The van der Waals surface area contributed by atoms with Crippen LogP contribution >= 0.6 is 0 Å². The Hall–Kier alpha value is -1.67. The van der Waals surface area contributed by atoms with Gasteiger partial charge in [-0.15, -0.1) is 0 Å². The van der Waals surface area contributed by atoms with Gasteiger partial charge in [0.1, 0.15) is 23.8 Å². The molecule has 0 unspecified atom stereocenters. The molecule has 1 aromatic heterocycles. The van der Waals surface area contributed by atoms with Crippen molar-refractivity contribution >= 4 is 5.82 Å². The van der Waals surface area contributed by atoms with Gasteiger partial charge in [0, 0.05) is 13.1 Å². The molecule has 5 nitrogen and oxygen atoms in total. The second kappa shape index (κ2) is 4.03. The van der Waals surface area contributed by atoms with E-state index in [4.69, 9.17) is 10.00 Å². The molecule has 1 aromatic rings. The van der Waals surface area contributed by atoms with Gasteiger partial charge < -0.3 is 9.64 Å². The molecular formula is C9H10N4O. The van der Waals surface area contributed by atoms with Crippen LogP contribution in [0.3, 0.4) is 0 Å². The fraction of sp³-hybridized carbons (Fsp3) is 0.444. The van der Waals surface area contributed by atoms with Gasteiger partial charge in [0.15, 0.2) is 0 Å². The molecule has 0 bridgehead atoms. The second-order valence-corrected chi connectivity index (χ2v) is 2.97. The molecular weight excluding hydrogens is 180 g/mol. The van der Waals surface area contributed by atoms with Gasteiger partial charge in [0.2, 0.25) is 0 Å². The molecule has 1 aliphatic rings. The van der Waals surface area contributed by atoms with Crippen molar-refractivity contribution in [3.63, 3.8) is 0 Å². The van der Waals surface area contributed by atoms with Crippen LogP contribution in [0, 0.1) is 11.3 Å². The largest absolute Gasteiger partial charge is 0.378 e. The zero-order valence-corrected chi connectivity index (χ0v) is 7.68. The van der Waals surface area contributed by atoms with Crippen molar-refractivity contribution in [1.29, 1.82) is 5.26 Å². The van der Waals surface area contributed by atoms with Crippen LogP contribution in [0.5, 0.6) is 0 Å². The topological polar surface area (TPSA) is 62.0 Å². The average molecular weight is 190 g/mol. The molecule has 2 rings (SSSR count). The van der Waals surface area contributed by atoms with Crippen molar-refractivity contribution in [3.8, 4) is 6.07 Å². The van der Waals surface area contributed by atoms with Crippen LogP contribution in [0.15, 0.2) is 12.5 Å². The Kier molecular flexibility index (Phi) is 2.56. The van der Waals surface area contributed by atoms with E-state index in [-0.39, 0.29) is 0 Å². The molecule has 1 aliphatic heterocycles. The first-order chi connectivity index (χ1) is 6.92. The maximum Gasteiger partial charge on any atom is 0.150 e. The summed E-state index contributed by atoms with van der Waals surface area (Å²) in [4.78, 5) is 9.97. The van der Waals surface area contributed by atoms with E-state index in [1.54, 1.807) is 0 Å². The number of nitriles is 1. The van der Waals surface area contributed by atoms with Gasteiger partial charge in [0.25, 0.3) is 0 Å². The highest BCUT2D eigenvalue weighted by molar-refractivity contribution is 5.52. The summed E-state index contributed by atoms with van der Waals surface area (Å²) in [5.74, 6) is 0.714. The van der Waals surface area contributed by atoms with Crippen LogP contribution in [0.2, 0.25) is 0 Å². The third-order valence-corrected chi connectivity index (χ3v) is 2.12. The monoisotopic (exact) mass is 190 g/mol. The van der Waals surface area contributed by atoms with Gasteiger partial charge >= 0.3 is 0 Å². The molecule has 0 saturated carbocycles. The predicted octanol–water partition coefficient (Wildman–Crippen LogP) is 0.185. The number of anilines is 1. The Morgan fingerprint density at radius 1 is 1.43 bits per heavy atom. The Bertz CT molecular complexity index is 354. The number of morpholine rings is 1. The van der Waals surface area contributed by atoms with Crippen LogP contribution in [0.25, 0.3) is 0 Å². The Morgan fingerprint density at radius 2 is 2.21 bits per heavy atom. The molecule has 72 valence electrons. The normalized spacial score (nSPS) is 16.4. The van der Waals surface area contributed by atoms with Gasteiger partial charge in [0.05, 0.1) is 19.4 Å². The highest BCUT2D eigenvalue weighted by Gasteiger charge is 2.15. The van der Waals surface area contributed by atoms with Crippen molar-refractivity contribution < 1.29 is 4.74 Å². The van der Waals surface area contributed by atoms with Crippen LogP contribution < -0.4 is 4.90 Å². The minimum absolute atomic E-state index is 0.523. The lowest BCUT2D eigenvalue weighted by atomic mass is 10.3. The first-order valence-electron chi connectivity index (χ1n) is 4.44. The highest BCUT2D eigenvalue weighted by atomic mass is 16.5. The lowest BCUT2D eigenvalue weighted by Crippen LogP contribution is -2.37. The van der Waals surface area contributed by atoms with E-state index in [2.05, 4.69) is 16.0 Å². The summed E-state index contributed by atoms with van der Waals surface area (Å²) in [6.07, 6.45) is 3.00. The van der Waals surface area contributed by atoms with E-state index in [0.717, 1.165) is 13.1 Å². The number of hydrogen-bond acceptors (Lipinski definition) is 5. The van der Waals surface area contributed by atoms with Gasteiger partial charge in [-0.3, -0.25) is 0 Å². The van der Waals surface area contributed by atoms with E-state index in [0.29, 0.717) is 24.6 Å². The Labute approximate surface area is 82.0 Å². The zero-order valence-electron chi connectivity index (χ0n) is 7.68. The fourth-order valence-electron chi connectivity index (χ4n) is 1.43. The van der Waals surface area contributed by atoms with E-state index in [1.807, 2.05) is 4.90 Å². The first kappa shape index (κ1) is 8.91. The number of hydrogen-bond donors (Lipinski definition) is 0. The molecule has 0 spiro atoms. The number of nitrogens with zero attached hydrogens (tertiary/aromatic N) is 4. The van der Waals surface area contributed by atoms with E-state index >= 15 is 0 Å². The maximum absolute atomic E-state index is 8.86. The summed E-state index contributed by atoms with van der Waals surface area (Å²) >= 11 is 0. The molecule has 1 fully saturated rings. The maximum atomic E-state index is 8.86. The van der Waals surface area contributed by atoms with Crippen molar-refractivity contribution in [1.82, 2.24) is 9.97 Å². The number of aromatic nitrogens is 2. The molecule has 0 atom stereocenters. The minimum atomic E-state index is 0.523.